The number of aliphatic carboxylic acids is 1. The standard InChI is InChI=1S/C12H14FNO3/c13-9-3-4-10-11(8-9)17-7-6-14(10)5-1-2-12(15)16/h3-4,8H,1-2,5-7H2,(H,15,16). The molecule has 0 aliphatic carbocycles. The minimum absolute atomic E-state index is 0.147. The minimum atomic E-state index is -0.794. The summed E-state index contributed by atoms with van der Waals surface area (Å²) < 4.78 is 18.4. The van der Waals surface area contributed by atoms with E-state index in [0.717, 1.165) is 5.69 Å². The summed E-state index contributed by atoms with van der Waals surface area (Å²) in [5, 5.41) is 8.58. The molecule has 5 heteroatoms. The maximum absolute atomic E-state index is 13.0. The molecule has 1 N–H and O–H groups in total. The third-order valence-electron chi connectivity index (χ3n) is 2.70. The molecule has 0 radical (unpaired) electrons. The highest BCUT2D eigenvalue weighted by atomic mass is 19.1. The second-order valence-electron chi connectivity index (χ2n) is 3.94. The van der Waals surface area contributed by atoms with Crippen molar-refractivity contribution in [3.63, 3.8) is 0 Å². The lowest BCUT2D eigenvalue weighted by Gasteiger charge is -2.31. The fourth-order valence-corrected chi connectivity index (χ4v) is 1.90. The van der Waals surface area contributed by atoms with Crippen LogP contribution in [0.25, 0.3) is 0 Å². The summed E-state index contributed by atoms with van der Waals surface area (Å²) in [4.78, 5) is 12.5. The predicted molar refractivity (Wildman–Crippen MR) is 61.0 cm³/mol. The van der Waals surface area contributed by atoms with Gasteiger partial charge in [0, 0.05) is 19.0 Å². The number of carbonyl (C=O) groups is 1. The van der Waals surface area contributed by atoms with Crippen LogP contribution >= 0.6 is 0 Å². The van der Waals surface area contributed by atoms with Gasteiger partial charge in [0.05, 0.1) is 12.2 Å². The summed E-state index contributed by atoms with van der Waals surface area (Å²) in [7, 11) is 0. The van der Waals surface area contributed by atoms with Gasteiger partial charge in [0.15, 0.2) is 0 Å². The molecule has 0 aromatic heterocycles. The number of hydrogen-bond acceptors (Lipinski definition) is 3. The summed E-state index contributed by atoms with van der Waals surface area (Å²) >= 11 is 0. The van der Waals surface area contributed by atoms with Crippen molar-refractivity contribution in [1.29, 1.82) is 0 Å². The largest absolute Gasteiger partial charge is 0.489 e. The quantitative estimate of drug-likeness (QED) is 0.871. The van der Waals surface area contributed by atoms with E-state index in [4.69, 9.17) is 9.84 Å². The van der Waals surface area contributed by atoms with Crippen LogP contribution in [0.3, 0.4) is 0 Å². The molecule has 0 spiro atoms. The van der Waals surface area contributed by atoms with E-state index >= 15 is 0 Å². The molecule has 0 atom stereocenters. The summed E-state index contributed by atoms with van der Waals surface area (Å²) in [6.07, 6.45) is 0.722. The lowest BCUT2D eigenvalue weighted by Crippen LogP contribution is -2.33. The molecule has 1 aromatic carbocycles. The molecule has 2 rings (SSSR count). The molecule has 17 heavy (non-hydrogen) atoms. The lowest BCUT2D eigenvalue weighted by atomic mass is 10.2. The zero-order chi connectivity index (χ0) is 12.3. The molecule has 1 aliphatic heterocycles. The van der Waals surface area contributed by atoms with Gasteiger partial charge in [-0.1, -0.05) is 0 Å². The number of rotatable bonds is 4. The van der Waals surface area contributed by atoms with Crippen LogP contribution in [0, 0.1) is 5.82 Å². The number of halogens is 1. The topological polar surface area (TPSA) is 49.8 Å². The van der Waals surface area contributed by atoms with E-state index in [9.17, 15) is 9.18 Å². The van der Waals surface area contributed by atoms with Gasteiger partial charge >= 0.3 is 5.97 Å². The fraction of sp³-hybridized carbons (Fsp3) is 0.417. The average Bonchev–Trinajstić information content (AvgIpc) is 2.28. The van der Waals surface area contributed by atoms with Gasteiger partial charge in [0.2, 0.25) is 0 Å². The van der Waals surface area contributed by atoms with E-state index < -0.39 is 5.97 Å². The summed E-state index contributed by atoms with van der Waals surface area (Å²) in [6, 6.07) is 4.42. The first-order valence-electron chi connectivity index (χ1n) is 5.56. The molecule has 0 unspecified atom stereocenters. The second-order valence-corrected chi connectivity index (χ2v) is 3.94. The number of carboxylic acid groups (broad SMARTS) is 1. The maximum Gasteiger partial charge on any atom is 0.303 e. The molecule has 0 saturated heterocycles. The Bertz CT molecular complexity index is 422. The first-order chi connectivity index (χ1) is 8.16. The summed E-state index contributed by atoms with van der Waals surface area (Å²) in [5.74, 6) is -0.583. The van der Waals surface area contributed by atoms with Crippen molar-refractivity contribution in [3.8, 4) is 5.75 Å². The normalized spacial score (nSPS) is 14.1. The van der Waals surface area contributed by atoms with E-state index in [0.29, 0.717) is 31.9 Å². The Morgan fingerprint density at radius 2 is 2.35 bits per heavy atom. The van der Waals surface area contributed by atoms with Crippen molar-refractivity contribution in [2.24, 2.45) is 0 Å². The molecular weight excluding hydrogens is 225 g/mol. The number of anilines is 1. The molecule has 0 bridgehead atoms. The van der Waals surface area contributed by atoms with Crippen molar-refractivity contribution >= 4 is 11.7 Å². The molecule has 1 aliphatic rings. The van der Waals surface area contributed by atoms with Crippen molar-refractivity contribution in [1.82, 2.24) is 0 Å². The van der Waals surface area contributed by atoms with Crippen molar-refractivity contribution in [2.45, 2.75) is 12.8 Å². The number of nitrogens with zero attached hydrogens (tertiary/aromatic N) is 1. The van der Waals surface area contributed by atoms with Crippen LogP contribution in [0.4, 0.5) is 10.1 Å². The molecule has 92 valence electrons. The maximum atomic E-state index is 13.0. The number of ether oxygens (including phenoxy) is 1. The highest BCUT2D eigenvalue weighted by Gasteiger charge is 2.18. The SMILES string of the molecule is O=C(O)CCCN1CCOc2cc(F)ccc21. The smallest absolute Gasteiger partial charge is 0.303 e. The Balaban J connectivity index is 2.04. The predicted octanol–water partition coefficient (Wildman–Crippen LogP) is 1.89. The van der Waals surface area contributed by atoms with Crippen LogP contribution < -0.4 is 9.64 Å². The van der Waals surface area contributed by atoms with Crippen LogP contribution in [0.15, 0.2) is 18.2 Å². The molecule has 1 aromatic rings. The van der Waals surface area contributed by atoms with Gasteiger partial charge in [-0.05, 0) is 18.6 Å². The van der Waals surface area contributed by atoms with Gasteiger partial charge in [-0.2, -0.15) is 0 Å². The van der Waals surface area contributed by atoms with Gasteiger partial charge < -0.3 is 14.7 Å². The van der Waals surface area contributed by atoms with Crippen molar-refractivity contribution < 1.29 is 19.0 Å². The van der Waals surface area contributed by atoms with E-state index in [1.807, 2.05) is 4.90 Å². The first kappa shape index (κ1) is 11.7. The van der Waals surface area contributed by atoms with E-state index in [1.165, 1.54) is 12.1 Å². The third-order valence-corrected chi connectivity index (χ3v) is 2.70. The van der Waals surface area contributed by atoms with Gasteiger partial charge in [0.1, 0.15) is 18.2 Å². The Morgan fingerprint density at radius 1 is 1.53 bits per heavy atom. The van der Waals surface area contributed by atoms with Crippen molar-refractivity contribution in [3.05, 3.63) is 24.0 Å². The number of benzene rings is 1. The monoisotopic (exact) mass is 239 g/mol. The molecule has 4 nitrogen and oxygen atoms in total. The summed E-state index contributed by atoms with van der Waals surface area (Å²) in [5.41, 5.74) is 0.836. The number of hydrogen-bond donors (Lipinski definition) is 1. The van der Waals surface area contributed by atoms with E-state index in [2.05, 4.69) is 0 Å². The minimum Gasteiger partial charge on any atom is -0.489 e. The van der Waals surface area contributed by atoms with E-state index in [1.54, 1.807) is 6.07 Å². The number of fused-ring (bicyclic) bond motifs is 1. The Kier molecular flexibility index (Phi) is 3.46. The van der Waals surface area contributed by atoms with Crippen LogP contribution in [0.2, 0.25) is 0 Å². The highest BCUT2D eigenvalue weighted by Crippen LogP contribution is 2.32. The van der Waals surface area contributed by atoms with Gasteiger partial charge in [0.25, 0.3) is 0 Å². The molecule has 0 fully saturated rings. The fourth-order valence-electron chi connectivity index (χ4n) is 1.90. The van der Waals surface area contributed by atoms with Crippen LogP contribution in [-0.4, -0.2) is 30.8 Å². The van der Waals surface area contributed by atoms with E-state index in [-0.39, 0.29) is 12.2 Å². The average molecular weight is 239 g/mol. The van der Waals surface area contributed by atoms with Crippen molar-refractivity contribution in [2.75, 3.05) is 24.6 Å². The lowest BCUT2D eigenvalue weighted by molar-refractivity contribution is -0.137. The molecule has 0 amide bonds. The summed E-state index contributed by atoms with van der Waals surface area (Å²) in [6.45, 7) is 1.86. The zero-order valence-corrected chi connectivity index (χ0v) is 9.36. The van der Waals surface area contributed by atoms with Gasteiger partial charge in [-0.25, -0.2) is 4.39 Å². The van der Waals surface area contributed by atoms with Gasteiger partial charge in [-0.15, -0.1) is 0 Å². The second kappa shape index (κ2) is 5.03. The van der Waals surface area contributed by atoms with Crippen LogP contribution in [0.5, 0.6) is 5.75 Å². The highest BCUT2D eigenvalue weighted by molar-refractivity contribution is 5.67. The Morgan fingerprint density at radius 3 is 3.12 bits per heavy atom. The van der Waals surface area contributed by atoms with Crippen LogP contribution in [-0.2, 0) is 4.79 Å². The van der Waals surface area contributed by atoms with Gasteiger partial charge in [-0.3, -0.25) is 4.79 Å². The first-order valence-corrected chi connectivity index (χ1v) is 5.56. The third kappa shape index (κ3) is 2.87. The number of carboxylic acids is 1. The molecule has 0 saturated carbocycles. The molecular formula is C12H14FNO3. The Hall–Kier alpha value is -1.78. The zero-order valence-electron chi connectivity index (χ0n) is 9.36. The van der Waals surface area contributed by atoms with Crippen LogP contribution in [0.1, 0.15) is 12.8 Å². The Labute approximate surface area is 98.6 Å². The molecule has 1 heterocycles.